The van der Waals surface area contributed by atoms with Crippen LogP contribution in [0.2, 0.25) is 0 Å². The van der Waals surface area contributed by atoms with Crippen LogP contribution < -0.4 is 10.5 Å². The summed E-state index contributed by atoms with van der Waals surface area (Å²) in [4.78, 5) is 3.42. The summed E-state index contributed by atoms with van der Waals surface area (Å²) in [5.41, 5.74) is 6.72. The zero-order valence-electron chi connectivity index (χ0n) is 17.7. The Labute approximate surface area is 196 Å². The molecule has 4 rings (SSSR count). The van der Waals surface area contributed by atoms with Crippen molar-refractivity contribution in [2.75, 3.05) is 5.73 Å². The third-order valence-electron chi connectivity index (χ3n) is 4.77. The molecule has 35 heavy (non-hydrogen) atoms. The molecule has 0 aliphatic rings. The minimum atomic E-state index is -4.90. The summed E-state index contributed by atoms with van der Waals surface area (Å²) in [6, 6.07) is 14.0. The number of ether oxygens (including phenoxy) is 1. The van der Waals surface area contributed by atoms with Crippen LogP contribution in [0.4, 0.5) is 18.9 Å². The molecule has 9 nitrogen and oxygen atoms in total. The molecule has 0 fully saturated rings. The lowest BCUT2D eigenvalue weighted by Gasteiger charge is -2.10. The number of hydrogen-bond acceptors (Lipinski definition) is 9. The third kappa shape index (κ3) is 5.58. The van der Waals surface area contributed by atoms with E-state index >= 15 is 0 Å². The molecule has 0 amide bonds. The summed E-state index contributed by atoms with van der Waals surface area (Å²) in [6.45, 7) is 0. The lowest BCUT2D eigenvalue weighted by atomic mass is 10.1. The minimum Gasteiger partial charge on any atom is -0.416 e. The molecule has 0 aliphatic heterocycles. The molecule has 0 saturated carbocycles. The quantitative estimate of drug-likeness (QED) is 0.383. The van der Waals surface area contributed by atoms with Crippen molar-refractivity contribution in [1.29, 1.82) is 0 Å². The molecule has 0 saturated heterocycles. The molecule has 2 aromatic heterocycles. The second-order valence-electron chi connectivity index (χ2n) is 7.28. The fraction of sp³-hybridized carbons (Fsp3) is 0.136. The molecule has 2 aromatic carbocycles. The van der Waals surface area contributed by atoms with Crippen molar-refractivity contribution < 1.29 is 35.8 Å². The average molecular weight is 506 g/mol. The van der Waals surface area contributed by atoms with Gasteiger partial charge in [0.1, 0.15) is 11.9 Å². The highest BCUT2D eigenvalue weighted by molar-refractivity contribution is 7.91. The normalized spacial score (nSPS) is 12.9. The van der Waals surface area contributed by atoms with E-state index in [1.807, 2.05) is 30.3 Å². The topological polar surface area (TPSA) is 141 Å². The zero-order valence-corrected chi connectivity index (χ0v) is 18.5. The van der Waals surface area contributed by atoms with Crippen LogP contribution in [0.3, 0.4) is 0 Å². The molecule has 0 radical (unpaired) electrons. The van der Waals surface area contributed by atoms with Crippen LogP contribution in [0.5, 0.6) is 5.75 Å². The number of aliphatic hydroxyl groups is 1. The maximum atomic E-state index is 12.9. The first-order chi connectivity index (χ1) is 16.5. The number of benzene rings is 2. The van der Waals surface area contributed by atoms with Gasteiger partial charge in [-0.2, -0.15) is 0 Å². The highest BCUT2D eigenvalue weighted by atomic mass is 32.2. The highest BCUT2D eigenvalue weighted by Crippen LogP contribution is 2.30. The monoisotopic (exact) mass is 506 g/mol. The van der Waals surface area contributed by atoms with Crippen molar-refractivity contribution in [3.63, 3.8) is 0 Å². The van der Waals surface area contributed by atoms with Crippen LogP contribution in [0, 0.1) is 0 Å². The summed E-state index contributed by atoms with van der Waals surface area (Å²) >= 11 is 0. The Hall–Kier alpha value is -3.97. The summed E-state index contributed by atoms with van der Waals surface area (Å²) < 4.78 is 71.9. The molecular formula is C22H17F3N4O5S. The maximum Gasteiger partial charge on any atom is 0.573 e. The van der Waals surface area contributed by atoms with E-state index in [0.29, 0.717) is 0 Å². The number of sulfone groups is 1. The SMILES string of the molecule is Nc1cc(S(=O)(=O)c2ccc(OC(F)(F)F)cc2)cnc1-c1nnc([C@@H](O)Cc2ccccc2)o1. The highest BCUT2D eigenvalue weighted by Gasteiger charge is 2.31. The van der Waals surface area contributed by atoms with Crippen LogP contribution in [0.1, 0.15) is 17.6 Å². The number of nitrogens with zero attached hydrogens (tertiary/aromatic N) is 3. The van der Waals surface area contributed by atoms with E-state index in [1.165, 1.54) is 0 Å². The second-order valence-corrected chi connectivity index (χ2v) is 9.23. The fourth-order valence-electron chi connectivity index (χ4n) is 3.13. The van der Waals surface area contributed by atoms with Gasteiger partial charge < -0.3 is 20.0 Å². The van der Waals surface area contributed by atoms with Gasteiger partial charge in [-0.1, -0.05) is 30.3 Å². The van der Waals surface area contributed by atoms with Gasteiger partial charge in [0.2, 0.25) is 15.7 Å². The number of rotatable bonds is 7. The summed E-state index contributed by atoms with van der Waals surface area (Å²) in [5, 5.41) is 18.0. The predicted octanol–water partition coefficient (Wildman–Crippen LogP) is 3.72. The summed E-state index contributed by atoms with van der Waals surface area (Å²) in [7, 11) is -4.15. The molecular weight excluding hydrogens is 489 g/mol. The Morgan fingerprint density at radius 3 is 2.34 bits per heavy atom. The van der Waals surface area contributed by atoms with E-state index in [9.17, 15) is 26.7 Å². The van der Waals surface area contributed by atoms with Crippen molar-refractivity contribution in [1.82, 2.24) is 15.2 Å². The summed E-state index contributed by atoms with van der Waals surface area (Å²) in [6.07, 6.45) is -4.74. The van der Waals surface area contributed by atoms with E-state index < -0.39 is 28.1 Å². The number of pyridine rings is 1. The molecule has 0 unspecified atom stereocenters. The van der Waals surface area contributed by atoms with Gasteiger partial charge in [-0.3, -0.25) is 0 Å². The van der Waals surface area contributed by atoms with Gasteiger partial charge in [-0.05, 0) is 35.9 Å². The lowest BCUT2D eigenvalue weighted by Crippen LogP contribution is -2.17. The van der Waals surface area contributed by atoms with Crippen LogP contribution in [-0.2, 0) is 16.3 Å². The molecule has 1 atom stereocenters. The first-order valence-electron chi connectivity index (χ1n) is 9.95. The number of aromatic nitrogens is 3. The van der Waals surface area contributed by atoms with E-state index in [4.69, 9.17) is 10.2 Å². The van der Waals surface area contributed by atoms with Gasteiger partial charge in [0.05, 0.1) is 15.5 Å². The number of alkyl halides is 3. The van der Waals surface area contributed by atoms with E-state index in [0.717, 1.165) is 42.1 Å². The Morgan fingerprint density at radius 2 is 1.71 bits per heavy atom. The van der Waals surface area contributed by atoms with Gasteiger partial charge in [0.15, 0.2) is 5.69 Å². The zero-order chi connectivity index (χ0) is 25.2. The molecule has 13 heteroatoms. The average Bonchev–Trinajstić information content (AvgIpc) is 3.29. The number of anilines is 1. The maximum absolute atomic E-state index is 12.9. The van der Waals surface area contributed by atoms with Crippen molar-refractivity contribution in [2.24, 2.45) is 0 Å². The van der Waals surface area contributed by atoms with E-state index in [2.05, 4.69) is 19.9 Å². The summed E-state index contributed by atoms with van der Waals surface area (Å²) in [5.74, 6) is -0.754. The number of nitrogens with two attached hydrogens (primary N) is 1. The third-order valence-corrected chi connectivity index (χ3v) is 6.51. The van der Waals surface area contributed by atoms with Gasteiger partial charge in [0, 0.05) is 12.6 Å². The molecule has 2 heterocycles. The Morgan fingerprint density at radius 1 is 1.03 bits per heavy atom. The predicted molar refractivity (Wildman–Crippen MR) is 116 cm³/mol. The Balaban J connectivity index is 1.54. The minimum absolute atomic E-state index is 0.00327. The number of aliphatic hydroxyl groups excluding tert-OH is 1. The molecule has 4 aromatic rings. The molecule has 0 bridgehead atoms. The van der Waals surface area contributed by atoms with Crippen molar-refractivity contribution in [3.05, 3.63) is 78.3 Å². The lowest BCUT2D eigenvalue weighted by molar-refractivity contribution is -0.274. The number of hydrogen-bond donors (Lipinski definition) is 2. The van der Waals surface area contributed by atoms with Gasteiger partial charge in [0.25, 0.3) is 5.89 Å². The van der Waals surface area contributed by atoms with Crippen LogP contribution in [0.25, 0.3) is 11.6 Å². The standard InChI is InChI=1S/C22H17F3N4O5S/c23-22(24,25)34-14-6-8-15(9-7-14)35(31,32)16-11-17(26)19(27-12-16)21-29-28-20(33-21)18(30)10-13-4-2-1-3-5-13/h1-9,11-12,18,30H,10,26H2/t18-/m0/s1. The second kappa shape index (κ2) is 9.35. The molecule has 3 N–H and O–H groups in total. The van der Waals surface area contributed by atoms with Gasteiger partial charge >= 0.3 is 6.36 Å². The van der Waals surface area contributed by atoms with Crippen LogP contribution >= 0.6 is 0 Å². The van der Waals surface area contributed by atoms with Gasteiger partial charge in [-0.25, -0.2) is 13.4 Å². The van der Waals surface area contributed by atoms with Gasteiger partial charge in [-0.15, -0.1) is 23.4 Å². The van der Waals surface area contributed by atoms with E-state index in [1.54, 1.807) is 0 Å². The van der Waals surface area contributed by atoms with E-state index in [-0.39, 0.29) is 39.4 Å². The van der Waals surface area contributed by atoms with Crippen LogP contribution in [-0.4, -0.2) is 35.1 Å². The van der Waals surface area contributed by atoms with Crippen LogP contribution in [0.15, 0.2) is 81.1 Å². The van der Waals surface area contributed by atoms with Crippen molar-refractivity contribution in [3.8, 4) is 17.3 Å². The first kappa shape index (κ1) is 24.2. The number of halogens is 3. The largest absolute Gasteiger partial charge is 0.573 e. The smallest absolute Gasteiger partial charge is 0.416 e. The molecule has 0 aliphatic carbocycles. The van der Waals surface area contributed by atoms with Crippen molar-refractivity contribution in [2.45, 2.75) is 28.7 Å². The first-order valence-corrected chi connectivity index (χ1v) is 11.4. The number of nitrogen functional groups attached to an aromatic ring is 1. The molecule has 182 valence electrons. The van der Waals surface area contributed by atoms with Crippen molar-refractivity contribution >= 4 is 15.5 Å². The Bertz CT molecular complexity index is 1430. The fourth-order valence-corrected chi connectivity index (χ4v) is 4.37. The Kier molecular flexibility index (Phi) is 6.45. The molecule has 0 spiro atoms.